The molecule has 1 rings (SSSR count). The molecule has 0 aliphatic heterocycles. The van der Waals surface area contributed by atoms with E-state index in [0.717, 1.165) is 12.8 Å². The Morgan fingerprint density at radius 1 is 1.33 bits per heavy atom. The zero-order valence-electron chi connectivity index (χ0n) is 9.54. The second-order valence-corrected chi connectivity index (χ2v) is 4.50. The summed E-state index contributed by atoms with van der Waals surface area (Å²) in [5, 5.41) is 0. The Morgan fingerprint density at radius 3 is 2.40 bits per heavy atom. The second-order valence-electron chi connectivity index (χ2n) is 4.50. The second kappa shape index (κ2) is 4.64. The molecule has 1 saturated carbocycles. The van der Waals surface area contributed by atoms with Crippen molar-refractivity contribution >= 4 is 11.9 Å². The zero-order chi connectivity index (χ0) is 11.5. The molecule has 0 aromatic rings. The monoisotopic (exact) mass is 214 g/mol. The Balaban J connectivity index is 2.23. The first-order valence-corrected chi connectivity index (χ1v) is 5.32. The van der Waals surface area contributed by atoms with Crippen molar-refractivity contribution in [2.45, 2.75) is 46.1 Å². The van der Waals surface area contributed by atoms with E-state index in [1.54, 1.807) is 13.8 Å². The number of carbonyl (C=O) groups is 2. The van der Waals surface area contributed by atoms with Crippen LogP contribution in [0, 0.1) is 5.41 Å². The fourth-order valence-electron chi connectivity index (χ4n) is 0.870. The third-order valence-electron chi connectivity index (χ3n) is 2.58. The van der Waals surface area contributed by atoms with Gasteiger partial charge in [0.1, 0.15) is 6.10 Å². The molecule has 4 nitrogen and oxygen atoms in total. The van der Waals surface area contributed by atoms with Gasteiger partial charge >= 0.3 is 11.9 Å². The summed E-state index contributed by atoms with van der Waals surface area (Å²) in [6, 6.07) is 0. The summed E-state index contributed by atoms with van der Waals surface area (Å²) in [4.78, 5) is 22.6. The van der Waals surface area contributed by atoms with E-state index < -0.39 is 11.4 Å². The molecule has 1 fully saturated rings. The Morgan fingerprint density at radius 2 is 1.93 bits per heavy atom. The lowest BCUT2D eigenvalue weighted by molar-refractivity contribution is -0.165. The molecule has 1 aliphatic rings. The van der Waals surface area contributed by atoms with Crippen LogP contribution in [0.15, 0.2) is 0 Å². The molecule has 0 heterocycles. The van der Waals surface area contributed by atoms with Crippen LogP contribution in [0.25, 0.3) is 0 Å². The van der Waals surface area contributed by atoms with E-state index in [4.69, 9.17) is 9.47 Å². The molecule has 4 heteroatoms. The highest BCUT2D eigenvalue weighted by molar-refractivity contribution is 5.79. The van der Waals surface area contributed by atoms with E-state index in [2.05, 4.69) is 0 Å². The van der Waals surface area contributed by atoms with Crippen molar-refractivity contribution in [3.8, 4) is 0 Å². The summed E-state index contributed by atoms with van der Waals surface area (Å²) in [6.07, 6.45) is 2.61. The molecule has 0 aromatic carbocycles. The Bertz CT molecular complexity index is 253. The third-order valence-corrected chi connectivity index (χ3v) is 2.58. The van der Waals surface area contributed by atoms with Crippen LogP contribution in [0.5, 0.6) is 0 Å². The molecule has 1 aliphatic carbocycles. The van der Waals surface area contributed by atoms with Gasteiger partial charge in [-0.3, -0.25) is 4.79 Å². The fourth-order valence-corrected chi connectivity index (χ4v) is 0.870. The summed E-state index contributed by atoms with van der Waals surface area (Å²) in [5.74, 6) is -0.796. The van der Waals surface area contributed by atoms with E-state index in [1.807, 2.05) is 6.92 Å². The number of rotatable bonds is 5. The van der Waals surface area contributed by atoms with Gasteiger partial charge in [-0.15, -0.1) is 0 Å². The molecule has 15 heavy (non-hydrogen) atoms. The number of carbonyl (C=O) groups excluding carboxylic acids is 2. The van der Waals surface area contributed by atoms with Gasteiger partial charge in [-0.25, -0.2) is 4.79 Å². The Labute approximate surface area is 89.9 Å². The Kier molecular flexibility index (Phi) is 3.72. The van der Waals surface area contributed by atoms with Crippen molar-refractivity contribution in [1.29, 1.82) is 0 Å². The normalized spacial score (nSPS) is 15.9. The number of ether oxygens (including phenoxy) is 2. The van der Waals surface area contributed by atoms with Gasteiger partial charge in [-0.05, 0) is 33.1 Å². The largest absolute Gasteiger partial charge is 0.460 e. The molecular formula is C11H18O4. The number of hydrogen-bond donors (Lipinski definition) is 0. The van der Waals surface area contributed by atoms with Gasteiger partial charge in [-0.1, -0.05) is 6.92 Å². The van der Waals surface area contributed by atoms with E-state index in [9.17, 15) is 9.59 Å². The highest BCUT2D eigenvalue weighted by Gasteiger charge is 2.29. The molecule has 0 bridgehead atoms. The lowest BCUT2D eigenvalue weighted by Crippen LogP contribution is -2.28. The van der Waals surface area contributed by atoms with Gasteiger partial charge in [0, 0.05) is 0 Å². The molecule has 0 atom stereocenters. The molecule has 0 radical (unpaired) electrons. The minimum absolute atomic E-state index is 0.0652. The molecular weight excluding hydrogens is 196 g/mol. The van der Waals surface area contributed by atoms with Crippen LogP contribution in [0.4, 0.5) is 0 Å². The highest BCUT2D eigenvalue weighted by atomic mass is 16.6. The van der Waals surface area contributed by atoms with E-state index >= 15 is 0 Å². The van der Waals surface area contributed by atoms with Gasteiger partial charge in [0.25, 0.3) is 0 Å². The van der Waals surface area contributed by atoms with Crippen LogP contribution in [0.3, 0.4) is 0 Å². The third kappa shape index (κ3) is 3.90. The van der Waals surface area contributed by atoms with E-state index in [1.165, 1.54) is 0 Å². The molecule has 86 valence electrons. The molecule has 0 amide bonds. The smallest absolute Gasteiger partial charge is 0.344 e. The minimum Gasteiger partial charge on any atom is -0.460 e. The van der Waals surface area contributed by atoms with Crippen molar-refractivity contribution in [2.75, 3.05) is 6.61 Å². The van der Waals surface area contributed by atoms with Crippen molar-refractivity contribution in [3.05, 3.63) is 0 Å². The topological polar surface area (TPSA) is 52.6 Å². The Hall–Kier alpha value is -1.06. The molecule has 0 aromatic heterocycles. The van der Waals surface area contributed by atoms with Crippen LogP contribution in [0.2, 0.25) is 0 Å². The number of esters is 2. The van der Waals surface area contributed by atoms with Crippen molar-refractivity contribution in [1.82, 2.24) is 0 Å². The maximum absolute atomic E-state index is 11.5. The van der Waals surface area contributed by atoms with Gasteiger partial charge in [0.15, 0.2) is 6.61 Å². The highest BCUT2D eigenvalue weighted by Crippen LogP contribution is 2.24. The van der Waals surface area contributed by atoms with E-state index in [0.29, 0.717) is 6.42 Å². The maximum atomic E-state index is 11.5. The lowest BCUT2D eigenvalue weighted by atomic mass is 9.91. The van der Waals surface area contributed by atoms with Crippen LogP contribution in [0.1, 0.15) is 40.0 Å². The first-order chi connectivity index (χ1) is 6.95. The molecule has 0 saturated heterocycles. The average Bonchev–Trinajstić information content (AvgIpc) is 2.97. The van der Waals surface area contributed by atoms with Gasteiger partial charge in [0.2, 0.25) is 0 Å². The van der Waals surface area contributed by atoms with E-state index in [-0.39, 0.29) is 18.7 Å². The summed E-state index contributed by atoms with van der Waals surface area (Å²) < 4.78 is 9.82. The van der Waals surface area contributed by atoms with Crippen molar-refractivity contribution < 1.29 is 19.1 Å². The van der Waals surface area contributed by atoms with Gasteiger partial charge in [0.05, 0.1) is 5.41 Å². The van der Waals surface area contributed by atoms with Crippen LogP contribution >= 0.6 is 0 Å². The van der Waals surface area contributed by atoms with Crippen LogP contribution in [-0.4, -0.2) is 24.6 Å². The minimum atomic E-state index is -0.528. The van der Waals surface area contributed by atoms with Crippen molar-refractivity contribution in [3.63, 3.8) is 0 Å². The SMILES string of the molecule is CCC(C)(C)C(=O)OCC(=O)OC1CC1. The summed E-state index contributed by atoms with van der Waals surface area (Å²) in [6.45, 7) is 5.23. The quantitative estimate of drug-likeness (QED) is 0.653. The first kappa shape index (κ1) is 12.0. The predicted octanol–water partition coefficient (Wildman–Crippen LogP) is 1.67. The number of hydrogen-bond acceptors (Lipinski definition) is 4. The van der Waals surface area contributed by atoms with Gasteiger partial charge in [-0.2, -0.15) is 0 Å². The zero-order valence-corrected chi connectivity index (χ0v) is 9.54. The molecule has 0 spiro atoms. The molecule has 0 N–H and O–H groups in total. The molecule has 0 unspecified atom stereocenters. The predicted molar refractivity (Wildman–Crippen MR) is 54.1 cm³/mol. The van der Waals surface area contributed by atoms with Crippen LogP contribution in [-0.2, 0) is 19.1 Å². The lowest BCUT2D eigenvalue weighted by Gasteiger charge is -2.19. The standard InChI is InChI=1S/C11H18O4/c1-4-11(2,3)10(13)14-7-9(12)15-8-5-6-8/h8H,4-7H2,1-3H3. The average molecular weight is 214 g/mol. The summed E-state index contributed by atoms with van der Waals surface area (Å²) in [7, 11) is 0. The maximum Gasteiger partial charge on any atom is 0.344 e. The summed E-state index contributed by atoms with van der Waals surface area (Å²) >= 11 is 0. The fraction of sp³-hybridized carbons (Fsp3) is 0.818. The van der Waals surface area contributed by atoms with Crippen molar-refractivity contribution in [2.24, 2.45) is 5.41 Å². The van der Waals surface area contributed by atoms with Gasteiger partial charge < -0.3 is 9.47 Å². The summed E-state index contributed by atoms with van der Waals surface area (Å²) in [5.41, 5.74) is -0.528. The van der Waals surface area contributed by atoms with Crippen LogP contribution < -0.4 is 0 Å². The first-order valence-electron chi connectivity index (χ1n) is 5.32.